The summed E-state index contributed by atoms with van der Waals surface area (Å²) in [6.45, 7) is 2.09. The molecule has 0 saturated carbocycles. The van der Waals surface area contributed by atoms with Gasteiger partial charge in [0.25, 0.3) is 0 Å². The minimum atomic E-state index is -3.70. The first-order valence-electron chi connectivity index (χ1n) is 9.99. The van der Waals surface area contributed by atoms with E-state index in [1.54, 1.807) is 52.8 Å². The lowest BCUT2D eigenvalue weighted by Crippen LogP contribution is -2.43. The lowest BCUT2D eigenvalue weighted by molar-refractivity contribution is 0.103. The zero-order valence-electron chi connectivity index (χ0n) is 16.3. The molecular formula is C22H27ClN2O3S. The molecule has 2 aliphatic heterocycles. The summed E-state index contributed by atoms with van der Waals surface area (Å²) in [5.74, 6) is 0.278. The molecule has 1 N–H and O–H groups in total. The number of nitrogens with one attached hydrogen (secondary N) is 1. The number of ketones is 1. The smallest absolute Gasteiger partial charge is 0.243 e. The maximum atomic E-state index is 13.3. The van der Waals surface area contributed by atoms with Crippen LogP contribution in [0.1, 0.15) is 41.6 Å². The standard InChI is InChI=1S/C22H26N2O3S.ClH/c25-22(18-7-2-1-3-8-18)19-9-4-5-11-21(19)28(26,27)24-15-12-17(13-16-24)20-10-6-14-23-20;/h1-5,7-9,11,17,20,23H,6,10,12-16H2;1H. The summed E-state index contributed by atoms with van der Waals surface area (Å²) in [6.07, 6.45) is 4.13. The Bertz CT molecular complexity index is 936. The van der Waals surface area contributed by atoms with Gasteiger partial charge in [-0.1, -0.05) is 42.5 Å². The summed E-state index contributed by atoms with van der Waals surface area (Å²) in [4.78, 5) is 13.0. The van der Waals surface area contributed by atoms with E-state index in [9.17, 15) is 13.2 Å². The van der Waals surface area contributed by atoms with Crippen LogP contribution in [-0.4, -0.2) is 44.2 Å². The summed E-state index contributed by atoms with van der Waals surface area (Å²) >= 11 is 0. The van der Waals surface area contributed by atoms with Gasteiger partial charge in [0, 0.05) is 30.3 Å². The molecule has 2 aromatic carbocycles. The number of benzene rings is 2. The van der Waals surface area contributed by atoms with Crippen molar-refractivity contribution in [2.45, 2.75) is 36.6 Å². The van der Waals surface area contributed by atoms with Gasteiger partial charge in [0.1, 0.15) is 0 Å². The van der Waals surface area contributed by atoms with E-state index in [1.165, 1.54) is 12.8 Å². The molecule has 156 valence electrons. The summed E-state index contributed by atoms with van der Waals surface area (Å²) in [5.41, 5.74) is 0.740. The molecule has 1 unspecified atom stereocenters. The molecule has 5 nitrogen and oxygen atoms in total. The molecule has 2 fully saturated rings. The number of sulfonamides is 1. The average molecular weight is 435 g/mol. The van der Waals surface area contributed by atoms with Crippen molar-refractivity contribution in [2.75, 3.05) is 19.6 Å². The van der Waals surface area contributed by atoms with Gasteiger partial charge in [0.2, 0.25) is 10.0 Å². The van der Waals surface area contributed by atoms with Crippen LogP contribution < -0.4 is 5.32 Å². The van der Waals surface area contributed by atoms with E-state index in [4.69, 9.17) is 0 Å². The third-order valence-corrected chi connectivity index (χ3v) is 7.91. The van der Waals surface area contributed by atoms with Crippen molar-refractivity contribution in [1.82, 2.24) is 9.62 Å². The van der Waals surface area contributed by atoms with Crippen LogP contribution in [0.4, 0.5) is 0 Å². The van der Waals surface area contributed by atoms with Crippen LogP contribution >= 0.6 is 12.4 Å². The van der Waals surface area contributed by atoms with Crippen molar-refractivity contribution in [3.63, 3.8) is 0 Å². The first kappa shape index (κ1) is 22.0. The van der Waals surface area contributed by atoms with Crippen LogP contribution in [0.25, 0.3) is 0 Å². The van der Waals surface area contributed by atoms with Gasteiger partial charge in [-0.15, -0.1) is 12.4 Å². The normalized spacial score (nSPS) is 20.9. The molecule has 0 aromatic heterocycles. The number of carbonyl (C=O) groups excluding carboxylic acids is 1. The highest BCUT2D eigenvalue weighted by Gasteiger charge is 2.35. The number of halogens is 1. The van der Waals surface area contributed by atoms with Crippen molar-refractivity contribution in [3.8, 4) is 0 Å². The van der Waals surface area contributed by atoms with Gasteiger partial charge in [0.15, 0.2) is 5.78 Å². The van der Waals surface area contributed by atoms with Crippen LogP contribution in [0.2, 0.25) is 0 Å². The van der Waals surface area contributed by atoms with Crippen LogP contribution in [0.15, 0.2) is 59.5 Å². The maximum absolute atomic E-state index is 13.3. The number of rotatable bonds is 5. The number of nitrogens with zero attached hydrogens (tertiary/aromatic N) is 1. The zero-order chi connectivity index (χ0) is 19.6. The van der Waals surface area contributed by atoms with E-state index < -0.39 is 10.0 Å². The van der Waals surface area contributed by atoms with Gasteiger partial charge in [-0.05, 0) is 50.3 Å². The average Bonchev–Trinajstić information content (AvgIpc) is 3.29. The minimum absolute atomic E-state index is 0. The quantitative estimate of drug-likeness (QED) is 0.731. The Hall–Kier alpha value is -1.73. The van der Waals surface area contributed by atoms with Crippen molar-refractivity contribution < 1.29 is 13.2 Å². The third-order valence-electron chi connectivity index (χ3n) is 5.95. The number of piperidine rings is 1. The second-order valence-corrected chi connectivity index (χ2v) is 9.54. The topological polar surface area (TPSA) is 66.5 Å². The molecule has 7 heteroatoms. The van der Waals surface area contributed by atoms with Gasteiger partial charge < -0.3 is 5.32 Å². The van der Waals surface area contributed by atoms with Crippen LogP contribution in [0, 0.1) is 5.92 Å². The van der Waals surface area contributed by atoms with E-state index in [2.05, 4.69) is 5.32 Å². The SMILES string of the molecule is Cl.O=C(c1ccccc1)c1ccccc1S(=O)(=O)N1CCC(C2CCCN2)CC1. The molecule has 0 spiro atoms. The van der Waals surface area contributed by atoms with E-state index in [-0.39, 0.29) is 28.6 Å². The predicted molar refractivity (Wildman–Crippen MR) is 116 cm³/mol. The largest absolute Gasteiger partial charge is 0.314 e. The van der Waals surface area contributed by atoms with Crippen LogP contribution in [-0.2, 0) is 10.0 Å². The van der Waals surface area contributed by atoms with Gasteiger partial charge in [-0.3, -0.25) is 4.79 Å². The first-order valence-corrected chi connectivity index (χ1v) is 11.4. The Labute approximate surface area is 179 Å². The second-order valence-electron chi connectivity index (χ2n) is 7.64. The number of carbonyl (C=O) groups is 1. The molecule has 0 radical (unpaired) electrons. The molecule has 1 atom stereocenters. The molecule has 0 aliphatic carbocycles. The second kappa shape index (κ2) is 9.39. The third kappa shape index (κ3) is 4.56. The van der Waals surface area contributed by atoms with Crippen LogP contribution in [0.3, 0.4) is 0 Å². The number of hydrogen-bond acceptors (Lipinski definition) is 4. The van der Waals surface area contributed by atoms with E-state index >= 15 is 0 Å². The van der Waals surface area contributed by atoms with Gasteiger partial charge in [-0.25, -0.2) is 8.42 Å². The Morgan fingerprint density at radius 1 is 0.931 bits per heavy atom. The zero-order valence-corrected chi connectivity index (χ0v) is 17.9. The predicted octanol–water partition coefficient (Wildman–Crippen LogP) is 3.49. The Morgan fingerprint density at radius 2 is 1.59 bits per heavy atom. The van der Waals surface area contributed by atoms with Crippen molar-refractivity contribution in [3.05, 3.63) is 65.7 Å². The van der Waals surface area contributed by atoms with E-state index in [0.29, 0.717) is 30.6 Å². The fraction of sp³-hybridized carbons (Fsp3) is 0.409. The van der Waals surface area contributed by atoms with Crippen molar-refractivity contribution in [2.24, 2.45) is 5.92 Å². The molecule has 2 aromatic rings. The van der Waals surface area contributed by atoms with E-state index in [1.807, 2.05) is 6.07 Å². The van der Waals surface area contributed by atoms with Gasteiger partial charge >= 0.3 is 0 Å². The Kier molecular flexibility index (Phi) is 7.11. The van der Waals surface area contributed by atoms with Gasteiger partial charge in [-0.2, -0.15) is 4.31 Å². The Morgan fingerprint density at radius 3 is 2.24 bits per heavy atom. The molecule has 0 amide bonds. The molecule has 2 saturated heterocycles. The lowest BCUT2D eigenvalue weighted by atomic mass is 9.89. The summed E-state index contributed by atoms with van der Waals surface area (Å²) in [7, 11) is -3.70. The molecule has 2 aliphatic rings. The van der Waals surface area contributed by atoms with Crippen molar-refractivity contribution >= 4 is 28.2 Å². The molecule has 29 heavy (non-hydrogen) atoms. The van der Waals surface area contributed by atoms with Gasteiger partial charge in [0.05, 0.1) is 4.90 Å². The van der Waals surface area contributed by atoms with Crippen LogP contribution in [0.5, 0.6) is 0 Å². The Balaban J connectivity index is 0.00000240. The van der Waals surface area contributed by atoms with E-state index in [0.717, 1.165) is 19.4 Å². The molecule has 0 bridgehead atoms. The lowest BCUT2D eigenvalue weighted by Gasteiger charge is -2.34. The number of hydrogen-bond donors (Lipinski definition) is 1. The minimum Gasteiger partial charge on any atom is -0.314 e. The first-order chi connectivity index (χ1) is 13.6. The molecular weight excluding hydrogens is 408 g/mol. The highest BCUT2D eigenvalue weighted by Crippen LogP contribution is 2.30. The summed E-state index contributed by atoms with van der Waals surface area (Å²) in [6, 6.07) is 15.9. The molecule has 2 heterocycles. The summed E-state index contributed by atoms with van der Waals surface area (Å²) < 4.78 is 28.2. The highest BCUT2D eigenvalue weighted by molar-refractivity contribution is 7.89. The molecule has 4 rings (SSSR count). The highest BCUT2D eigenvalue weighted by atomic mass is 35.5. The summed E-state index contributed by atoms with van der Waals surface area (Å²) in [5, 5.41) is 3.54. The monoisotopic (exact) mass is 434 g/mol. The fourth-order valence-electron chi connectivity index (χ4n) is 4.40. The fourth-order valence-corrected chi connectivity index (χ4v) is 6.05. The maximum Gasteiger partial charge on any atom is 0.243 e. The van der Waals surface area contributed by atoms with Crippen molar-refractivity contribution in [1.29, 1.82) is 0 Å².